The topological polar surface area (TPSA) is 36.4 Å². The standard InChI is InChI=1S/C11H10ClF4N3/c12-10-7(19-5-8-17-3-4-18-8)2-1-6(13)9(10)11(14,15)16/h1-2,19H,3-5H2,(H,17,18). The largest absolute Gasteiger partial charge is 0.420 e. The maximum absolute atomic E-state index is 13.2. The lowest BCUT2D eigenvalue weighted by molar-refractivity contribution is -0.139. The molecule has 8 heteroatoms. The molecule has 3 nitrogen and oxygen atoms in total. The van der Waals surface area contributed by atoms with E-state index in [-0.39, 0.29) is 12.2 Å². The molecule has 1 aromatic carbocycles. The predicted molar refractivity (Wildman–Crippen MR) is 65.2 cm³/mol. The van der Waals surface area contributed by atoms with Crippen LogP contribution in [0.2, 0.25) is 5.02 Å². The minimum absolute atomic E-state index is 0.0202. The van der Waals surface area contributed by atoms with E-state index in [1.165, 1.54) is 6.07 Å². The molecular weight excluding hydrogens is 286 g/mol. The molecule has 19 heavy (non-hydrogen) atoms. The van der Waals surface area contributed by atoms with Gasteiger partial charge in [-0.05, 0) is 12.1 Å². The lowest BCUT2D eigenvalue weighted by atomic mass is 10.1. The molecule has 0 bridgehead atoms. The molecule has 1 aliphatic rings. The van der Waals surface area contributed by atoms with Gasteiger partial charge in [0.2, 0.25) is 0 Å². The SMILES string of the molecule is Fc1ccc(NCC2=NCCN2)c(Cl)c1C(F)(F)F. The molecule has 0 aromatic heterocycles. The van der Waals surface area contributed by atoms with Crippen molar-refractivity contribution in [2.75, 3.05) is 25.0 Å². The van der Waals surface area contributed by atoms with Gasteiger partial charge < -0.3 is 10.6 Å². The van der Waals surface area contributed by atoms with Gasteiger partial charge in [-0.1, -0.05) is 11.6 Å². The first-order chi connectivity index (χ1) is 8.89. The Labute approximate surface area is 111 Å². The molecule has 2 N–H and O–H groups in total. The Kier molecular flexibility index (Phi) is 3.84. The van der Waals surface area contributed by atoms with Gasteiger partial charge in [0.05, 0.1) is 23.8 Å². The fourth-order valence-electron chi connectivity index (χ4n) is 1.69. The number of hydrogen-bond donors (Lipinski definition) is 2. The molecule has 0 fully saturated rings. The third-order valence-electron chi connectivity index (χ3n) is 2.56. The highest BCUT2D eigenvalue weighted by Gasteiger charge is 2.37. The highest BCUT2D eigenvalue weighted by molar-refractivity contribution is 6.34. The molecule has 104 valence electrons. The number of rotatable bonds is 3. The van der Waals surface area contributed by atoms with E-state index in [0.717, 1.165) is 6.07 Å². The van der Waals surface area contributed by atoms with Crippen LogP contribution in [0.4, 0.5) is 23.2 Å². The summed E-state index contributed by atoms with van der Waals surface area (Å²) in [6.07, 6.45) is -4.83. The molecule has 0 unspecified atom stereocenters. The molecule has 0 saturated heterocycles. The summed E-state index contributed by atoms with van der Waals surface area (Å²) in [5, 5.41) is 4.98. The second kappa shape index (κ2) is 5.24. The third kappa shape index (κ3) is 3.09. The van der Waals surface area contributed by atoms with E-state index in [4.69, 9.17) is 11.6 Å². The van der Waals surface area contributed by atoms with E-state index in [1.807, 2.05) is 0 Å². The quantitative estimate of drug-likeness (QED) is 0.841. The number of aliphatic imine (C=N–C) groups is 1. The first kappa shape index (κ1) is 13.9. The van der Waals surface area contributed by atoms with Gasteiger partial charge in [-0.3, -0.25) is 4.99 Å². The molecule has 0 radical (unpaired) electrons. The van der Waals surface area contributed by atoms with Gasteiger partial charge in [-0.2, -0.15) is 13.2 Å². The maximum atomic E-state index is 13.2. The summed E-state index contributed by atoms with van der Waals surface area (Å²) >= 11 is 5.60. The van der Waals surface area contributed by atoms with Crippen molar-refractivity contribution in [1.29, 1.82) is 0 Å². The van der Waals surface area contributed by atoms with Gasteiger partial charge in [-0.25, -0.2) is 4.39 Å². The average molecular weight is 296 g/mol. The Balaban J connectivity index is 2.22. The Bertz CT molecular complexity index is 513. The number of halogens is 5. The summed E-state index contributed by atoms with van der Waals surface area (Å²) < 4.78 is 51.1. The molecule has 0 spiro atoms. The van der Waals surface area contributed by atoms with Crippen LogP contribution in [0.15, 0.2) is 17.1 Å². The molecule has 0 saturated carbocycles. The molecule has 1 aliphatic heterocycles. The van der Waals surface area contributed by atoms with Crippen LogP contribution >= 0.6 is 11.6 Å². The third-order valence-corrected chi connectivity index (χ3v) is 2.96. The summed E-state index contributed by atoms with van der Waals surface area (Å²) in [6.45, 7) is 1.53. The number of hydrogen-bond acceptors (Lipinski definition) is 3. The van der Waals surface area contributed by atoms with Crippen molar-refractivity contribution in [3.63, 3.8) is 0 Å². The van der Waals surface area contributed by atoms with Gasteiger partial charge in [-0.15, -0.1) is 0 Å². The average Bonchev–Trinajstić information content (AvgIpc) is 2.79. The Morgan fingerprint density at radius 1 is 1.37 bits per heavy atom. The van der Waals surface area contributed by atoms with E-state index in [0.29, 0.717) is 18.9 Å². The zero-order valence-corrected chi connectivity index (χ0v) is 10.4. The molecule has 1 aromatic rings. The minimum Gasteiger partial charge on any atom is -0.377 e. The van der Waals surface area contributed by atoms with Gasteiger partial charge >= 0.3 is 6.18 Å². The summed E-state index contributed by atoms with van der Waals surface area (Å²) in [5.41, 5.74) is -1.44. The first-order valence-corrected chi connectivity index (χ1v) is 5.83. The van der Waals surface area contributed by atoms with Crippen LogP contribution in [-0.4, -0.2) is 25.5 Å². The number of nitrogens with zero attached hydrogens (tertiary/aromatic N) is 1. The van der Waals surface area contributed by atoms with Crippen molar-refractivity contribution in [2.45, 2.75) is 6.18 Å². The van der Waals surface area contributed by atoms with Gasteiger partial charge in [0.25, 0.3) is 0 Å². The van der Waals surface area contributed by atoms with Crippen molar-refractivity contribution in [3.05, 3.63) is 28.5 Å². The number of anilines is 1. The Hall–Kier alpha value is -1.50. The summed E-state index contributed by atoms with van der Waals surface area (Å²) in [6, 6.07) is 1.91. The van der Waals surface area contributed by atoms with Crippen LogP contribution in [0.3, 0.4) is 0 Å². The number of nitrogens with one attached hydrogen (secondary N) is 2. The highest BCUT2D eigenvalue weighted by atomic mass is 35.5. The van der Waals surface area contributed by atoms with Crippen molar-refractivity contribution >= 4 is 23.1 Å². The van der Waals surface area contributed by atoms with E-state index >= 15 is 0 Å². The van der Waals surface area contributed by atoms with Crippen LogP contribution in [0, 0.1) is 5.82 Å². The maximum Gasteiger partial charge on any atom is 0.420 e. The van der Waals surface area contributed by atoms with Crippen LogP contribution in [-0.2, 0) is 6.18 Å². The van der Waals surface area contributed by atoms with Crippen molar-refractivity contribution in [3.8, 4) is 0 Å². The van der Waals surface area contributed by atoms with E-state index < -0.39 is 22.6 Å². The fraction of sp³-hybridized carbons (Fsp3) is 0.364. The second-order valence-corrected chi connectivity index (χ2v) is 4.27. The number of amidine groups is 1. The van der Waals surface area contributed by atoms with E-state index in [1.54, 1.807) is 0 Å². The Morgan fingerprint density at radius 2 is 2.11 bits per heavy atom. The van der Waals surface area contributed by atoms with Crippen LogP contribution < -0.4 is 10.6 Å². The smallest absolute Gasteiger partial charge is 0.377 e. The lowest BCUT2D eigenvalue weighted by Gasteiger charge is -2.14. The molecule has 1 heterocycles. The molecule has 0 aliphatic carbocycles. The van der Waals surface area contributed by atoms with Crippen LogP contribution in [0.25, 0.3) is 0 Å². The molecule has 0 amide bonds. The number of alkyl halides is 3. The number of benzene rings is 1. The Morgan fingerprint density at radius 3 is 2.68 bits per heavy atom. The highest BCUT2D eigenvalue weighted by Crippen LogP contribution is 2.39. The van der Waals surface area contributed by atoms with E-state index in [9.17, 15) is 17.6 Å². The van der Waals surface area contributed by atoms with Gasteiger partial charge in [0.15, 0.2) is 0 Å². The van der Waals surface area contributed by atoms with Gasteiger partial charge in [0.1, 0.15) is 17.2 Å². The van der Waals surface area contributed by atoms with Crippen molar-refractivity contribution in [1.82, 2.24) is 5.32 Å². The molecule has 2 rings (SSSR count). The molecule has 0 atom stereocenters. The van der Waals surface area contributed by atoms with Gasteiger partial charge in [0, 0.05) is 6.54 Å². The summed E-state index contributed by atoms with van der Waals surface area (Å²) in [5.74, 6) is -0.756. The normalized spacial score (nSPS) is 15.1. The first-order valence-electron chi connectivity index (χ1n) is 5.46. The predicted octanol–water partition coefficient (Wildman–Crippen LogP) is 2.91. The minimum atomic E-state index is -4.83. The second-order valence-electron chi connectivity index (χ2n) is 3.89. The molecular formula is C11H10ClF4N3. The lowest BCUT2D eigenvalue weighted by Crippen LogP contribution is -2.26. The van der Waals surface area contributed by atoms with Crippen LogP contribution in [0.5, 0.6) is 0 Å². The van der Waals surface area contributed by atoms with Crippen LogP contribution in [0.1, 0.15) is 5.56 Å². The monoisotopic (exact) mass is 295 g/mol. The zero-order chi connectivity index (χ0) is 14.0. The fourth-order valence-corrected chi connectivity index (χ4v) is 2.02. The van der Waals surface area contributed by atoms with Crippen molar-refractivity contribution < 1.29 is 17.6 Å². The van der Waals surface area contributed by atoms with E-state index in [2.05, 4.69) is 15.6 Å². The summed E-state index contributed by atoms with van der Waals surface area (Å²) in [7, 11) is 0. The summed E-state index contributed by atoms with van der Waals surface area (Å²) in [4.78, 5) is 4.07. The van der Waals surface area contributed by atoms with Crippen molar-refractivity contribution in [2.24, 2.45) is 4.99 Å². The zero-order valence-electron chi connectivity index (χ0n) is 9.61.